The van der Waals surface area contributed by atoms with Crippen LogP contribution in [0.15, 0.2) is 32.5 Å². The van der Waals surface area contributed by atoms with Gasteiger partial charge in [0, 0.05) is 36.4 Å². The maximum atomic E-state index is 12.6. The van der Waals surface area contributed by atoms with E-state index in [4.69, 9.17) is 0 Å². The molecule has 1 aliphatic heterocycles. The first kappa shape index (κ1) is 19.9. The topological polar surface area (TPSA) is 83.6 Å². The highest BCUT2D eigenvalue weighted by molar-refractivity contribution is 9.10. The quantitative estimate of drug-likeness (QED) is 0.776. The number of piperazine rings is 1. The van der Waals surface area contributed by atoms with Crippen molar-refractivity contribution in [1.29, 1.82) is 0 Å². The highest BCUT2D eigenvalue weighted by atomic mass is 79.9. The second kappa shape index (κ2) is 7.14. The van der Waals surface area contributed by atoms with Gasteiger partial charge in [-0.2, -0.15) is 4.31 Å². The highest BCUT2D eigenvalue weighted by Crippen LogP contribution is 2.28. The number of hydrogen-bond donors (Lipinski definition) is 1. The van der Waals surface area contributed by atoms with Crippen molar-refractivity contribution in [3.8, 4) is 0 Å². The number of benzene rings is 1. The van der Waals surface area contributed by atoms with Crippen molar-refractivity contribution in [3.05, 3.63) is 22.7 Å². The summed E-state index contributed by atoms with van der Waals surface area (Å²) in [7, 11) is -7.01. The van der Waals surface area contributed by atoms with Crippen LogP contribution in [0.25, 0.3) is 0 Å². The predicted octanol–water partition coefficient (Wildman–Crippen LogP) is 1.26. The third-order valence-electron chi connectivity index (χ3n) is 3.28. The molecule has 1 aromatic carbocycles. The smallest absolute Gasteiger partial charge is 0.244 e. The molecule has 1 unspecified atom stereocenters. The Kier molecular flexibility index (Phi) is 6.45. The summed E-state index contributed by atoms with van der Waals surface area (Å²) < 4.78 is 49.9. The molecule has 0 spiro atoms. The van der Waals surface area contributed by atoms with E-state index in [1.807, 2.05) is 6.92 Å². The van der Waals surface area contributed by atoms with Gasteiger partial charge in [-0.05, 0) is 41.1 Å². The maximum Gasteiger partial charge on any atom is 0.244 e. The zero-order chi connectivity index (χ0) is 15.8. The van der Waals surface area contributed by atoms with Crippen LogP contribution in [-0.4, -0.2) is 53.1 Å². The molecule has 1 atom stereocenters. The summed E-state index contributed by atoms with van der Waals surface area (Å²) in [5.74, 6) is 0. The van der Waals surface area contributed by atoms with E-state index in [0.29, 0.717) is 19.6 Å². The van der Waals surface area contributed by atoms with Crippen LogP contribution in [0, 0.1) is 0 Å². The molecule has 0 aromatic heterocycles. The van der Waals surface area contributed by atoms with Gasteiger partial charge in [0.2, 0.25) is 10.0 Å². The molecule has 22 heavy (non-hydrogen) atoms. The first-order chi connectivity index (χ1) is 9.62. The summed E-state index contributed by atoms with van der Waals surface area (Å²) in [6, 6.07) is 4.07. The number of sulfone groups is 1. The second-order valence-corrected chi connectivity index (χ2v) is 9.86. The van der Waals surface area contributed by atoms with Crippen LogP contribution in [0.3, 0.4) is 0 Å². The molecule has 0 saturated carbocycles. The van der Waals surface area contributed by atoms with E-state index in [0.717, 1.165) is 6.26 Å². The lowest BCUT2D eigenvalue weighted by molar-refractivity contribution is 0.310. The summed E-state index contributed by atoms with van der Waals surface area (Å²) in [5, 5.41) is 3.18. The van der Waals surface area contributed by atoms with Gasteiger partial charge in [0.05, 0.1) is 9.79 Å². The Bertz CT molecular complexity index is 752. The molecule has 0 radical (unpaired) electrons. The lowest BCUT2D eigenvalue weighted by Gasteiger charge is -2.31. The minimum Gasteiger partial charge on any atom is -0.312 e. The highest BCUT2D eigenvalue weighted by Gasteiger charge is 2.30. The van der Waals surface area contributed by atoms with E-state index in [1.165, 1.54) is 22.5 Å². The van der Waals surface area contributed by atoms with Crippen molar-refractivity contribution in [3.63, 3.8) is 0 Å². The SMILES string of the molecule is CC1CN(S(=O)(=O)c2ccc(S(C)(=O)=O)cc2Br)CCN1.Cl. The predicted molar refractivity (Wildman–Crippen MR) is 90.7 cm³/mol. The van der Waals surface area contributed by atoms with Crippen LogP contribution in [0.2, 0.25) is 0 Å². The van der Waals surface area contributed by atoms with E-state index in [-0.39, 0.29) is 32.7 Å². The summed E-state index contributed by atoms with van der Waals surface area (Å²) in [5.41, 5.74) is 0. The fraction of sp³-hybridized carbons (Fsp3) is 0.500. The molecule has 6 nitrogen and oxygen atoms in total. The zero-order valence-electron chi connectivity index (χ0n) is 12.1. The fourth-order valence-corrected chi connectivity index (χ4v) is 5.54. The van der Waals surface area contributed by atoms with Gasteiger partial charge >= 0.3 is 0 Å². The zero-order valence-corrected chi connectivity index (χ0v) is 16.1. The Labute approximate surface area is 145 Å². The van der Waals surface area contributed by atoms with Gasteiger partial charge in [-0.15, -0.1) is 12.4 Å². The monoisotopic (exact) mass is 432 g/mol. The molecule has 10 heteroatoms. The molecule has 1 aliphatic rings. The number of rotatable bonds is 3. The fourth-order valence-electron chi connectivity index (χ4n) is 2.18. The van der Waals surface area contributed by atoms with Crippen LogP contribution >= 0.6 is 28.3 Å². The van der Waals surface area contributed by atoms with E-state index in [2.05, 4.69) is 21.2 Å². The largest absolute Gasteiger partial charge is 0.312 e. The third-order valence-corrected chi connectivity index (χ3v) is 7.23. The number of nitrogens with one attached hydrogen (secondary N) is 1. The van der Waals surface area contributed by atoms with Crippen molar-refractivity contribution in [2.45, 2.75) is 22.8 Å². The van der Waals surface area contributed by atoms with E-state index >= 15 is 0 Å². The normalized spacial score (nSPS) is 20.4. The van der Waals surface area contributed by atoms with E-state index in [1.54, 1.807) is 0 Å². The van der Waals surface area contributed by atoms with Gasteiger partial charge in [-0.3, -0.25) is 0 Å². The molecule has 126 valence electrons. The Morgan fingerprint density at radius 3 is 2.41 bits per heavy atom. The van der Waals surface area contributed by atoms with E-state index in [9.17, 15) is 16.8 Å². The molecule has 1 saturated heterocycles. The molecule has 0 bridgehead atoms. The third kappa shape index (κ3) is 4.21. The Morgan fingerprint density at radius 1 is 1.27 bits per heavy atom. The Hall–Kier alpha value is -0.190. The van der Waals surface area contributed by atoms with Gasteiger partial charge < -0.3 is 5.32 Å². The number of hydrogen-bond acceptors (Lipinski definition) is 5. The van der Waals surface area contributed by atoms with Crippen LogP contribution in [0.1, 0.15) is 6.92 Å². The summed E-state index contributed by atoms with van der Waals surface area (Å²) >= 11 is 3.17. The van der Waals surface area contributed by atoms with Crippen molar-refractivity contribution in [2.75, 3.05) is 25.9 Å². The molecule has 0 aliphatic carbocycles. The van der Waals surface area contributed by atoms with Crippen molar-refractivity contribution in [2.24, 2.45) is 0 Å². The molecular formula is C12H18BrClN2O4S2. The molecule has 1 fully saturated rings. The number of nitrogens with zero attached hydrogens (tertiary/aromatic N) is 1. The number of halogens is 2. The van der Waals surface area contributed by atoms with Crippen molar-refractivity contribution >= 4 is 48.2 Å². The minimum absolute atomic E-state index is 0. The maximum absolute atomic E-state index is 12.6. The first-order valence-corrected chi connectivity index (χ1v) is 10.5. The average molecular weight is 434 g/mol. The van der Waals surface area contributed by atoms with Crippen LogP contribution in [0.5, 0.6) is 0 Å². The standard InChI is InChI=1S/C12H17BrN2O4S2.ClH/c1-9-8-15(6-5-14-9)21(18,19)12-4-3-10(7-11(12)13)20(2,16)17;/h3-4,7,9,14H,5-6,8H2,1-2H3;1H. The summed E-state index contributed by atoms with van der Waals surface area (Å²) in [6.07, 6.45) is 1.08. The number of sulfonamides is 1. The minimum atomic E-state index is -3.64. The molecule has 1 N–H and O–H groups in total. The first-order valence-electron chi connectivity index (χ1n) is 6.35. The van der Waals surface area contributed by atoms with Crippen molar-refractivity contribution in [1.82, 2.24) is 9.62 Å². The van der Waals surface area contributed by atoms with Gasteiger partial charge in [-0.1, -0.05) is 0 Å². The van der Waals surface area contributed by atoms with Gasteiger partial charge in [0.1, 0.15) is 0 Å². The van der Waals surface area contributed by atoms with Gasteiger partial charge in [-0.25, -0.2) is 16.8 Å². The Balaban J connectivity index is 0.00000242. The molecule has 0 amide bonds. The summed E-state index contributed by atoms with van der Waals surface area (Å²) in [4.78, 5) is 0.172. The average Bonchev–Trinajstić information content (AvgIpc) is 2.37. The van der Waals surface area contributed by atoms with Gasteiger partial charge in [0.15, 0.2) is 9.84 Å². The summed E-state index contributed by atoms with van der Waals surface area (Å²) in [6.45, 7) is 3.30. The van der Waals surface area contributed by atoms with Crippen LogP contribution < -0.4 is 5.32 Å². The Morgan fingerprint density at radius 2 is 1.91 bits per heavy atom. The van der Waals surface area contributed by atoms with Crippen molar-refractivity contribution < 1.29 is 16.8 Å². The lowest BCUT2D eigenvalue weighted by Crippen LogP contribution is -2.51. The molecule has 1 heterocycles. The van der Waals surface area contributed by atoms with Crippen LogP contribution in [-0.2, 0) is 19.9 Å². The molecule has 2 rings (SSSR count). The van der Waals surface area contributed by atoms with Gasteiger partial charge in [0.25, 0.3) is 0 Å². The van der Waals surface area contributed by atoms with E-state index < -0.39 is 19.9 Å². The van der Waals surface area contributed by atoms with Crippen LogP contribution in [0.4, 0.5) is 0 Å². The molecular weight excluding hydrogens is 416 g/mol. The lowest BCUT2D eigenvalue weighted by atomic mass is 10.3. The second-order valence-electron chi connectivity index (χ2n) is 5.08. The molecule has 1 aromatic rings.